The molecule has 1 atom stereocenters. The van der Waals surface area contributed by atoms with E-state index in [1.807, 2.05) is 18.7 Å². The summed E-state index contributed by atoms with van der Waals surface area (Å²) in [6, 6.07) is 3.78. The van der Waals surface area contributed by atoms with Gasteiger partial charge in [0, 0.05) is 25.7 Å². The average molecular weight is 289 g/mol. The molecule has 0 radical (unpaired) electrons. The van der Waals surface area contributed by atoms with Crippen LogP contribution in [0.3, 0.4) is 0 Å². The molecule has 0 aromatic carbocycles. The molecule has 3 heterocycles. The zero-order chi connectivity index (χ0) is 14.8. The number of aryl methyl sites for hydroxylation is 1. The van der Waals surface area contributed by atoms with Gasteiger partial charge in [-0.2, -0.15) is 0 Å². The Morgan fingerprint density at radius 1 is 1.57 bits per heavy atom. The fourth-order valence-electron chi connectivity index (χ4n) is 2.55. The van der Waals surface area contributed by atoms with Crippen LogP contribution in [0.5, 0.6) is 0 Å². The number of amides is 1. The van der Waals surface area contributed by atoms with Gasteiger partial charge in [0.05, 0.1) is 18.4 Å². The topological polar surface area (TPSA) is 71.5 Å². The van der Waals surface area contributed by atoms with Crippen molar-refractivity contribution >= 4 is 5.91 Å². The Bertz CT molecular complexity index is 618. The molecule has 0 unspecified atom stereocenters. The predicted molar refractivity (Wildman–Crippen MR) is 76.7 cm³/mol. The number of carbonyl (C=O) groups excluding carboxylic acids is 1. The predicted octanol–water partition coefficient (Wildman–Crippen LogP) is 1.61. The van der Waals surface area contributed by atoms with Crippen molar-refractivity contribution < 1.29 is 13.6 Å². The van der Waals surface area contributed by atoms with Crippen molar-refractivity contribution in [3.63, 3.8) is 0 Å². The minimum atomic E-state index is 0.0893. The second kappa shape index (κ2) is 5.73. The lowest BCUT2D eigenvalue weighted by atomic mass is 10.1. The van der Waals surface area contributed by atoms with E-state index >= 15 is 0 Å². The lowest BCUT2D eigenvalue weighted by Gasteiger charge is -2.33. The molecule has 0 bridgehead atoms. The first-order valence-corrected chi connectivity index (χ1v) is 7.15. The van der Waals surface area contributed by atoms with Gasteiger partial charge in [0.1, 0.15) is 5.76 Å². The molecule has 1 aliphatic rings. The van der Waals surface area contributed by atoms with Crippen LogP contribution in [0.1, 0.15) is 18.4 Å². The van der Waals surface area contributed by atoms with Gasteiger partial charge in [0.2, 0.25) is 5.91 Å². The number of hydrogen-bond acceptors (Lipinski definition) is 5. The van der Waals surface area contributed by atoms with Gasteiger partial charge in [-0.3, -0.25) is 4.79 Å². The molecule has 1 fully saturated rings. The standard InChI is InChI=1S/C15H19N3O3/c1-10-9-16-5-6-18(10)14(19)8-12-11(2)21-15(17-12)13-4-3-7-20-13/h3-4,7,10,16H,5-6,8-9H2,1-2H3/t10-/m1/s1. The van der Waals surface area contributed by atoms with Gasteiger partial charge in [-0.1, -0.05) is 0 Å². The highest BCUT2D eigenvalue weighted by atomic mass is 16.4. The summed E-state index contributed by atoms with van der Waals surface area (Å²) < 4.78 is 10.9. The minimum absolute atomic E-state index is 0.0893. The molecular formula is C15H19N3O3. The van der Waals surface area contributed by atoms with E-state index in [0.717, 1.165) is 19.6 Å². The summed E-state index contributed by atoms with van der Waals surface area (Å²) in [5, 5.41) is 3.28. The Morgan fingerprint density at radius 3 is 3.14 bits per heavy atom. The summed E-state index contributed by atoms with van der Waals surface area (Å²) in [7, 11) is 0. The number of carbonyl (C=O) groups is 1. The van der Waals surface area contributed by atoms with Gasteiger partial charge >= 0.3 is 0 Å². The number of furan rings is 1. The van der Waals surface area contributed by atoms with Crippen molar-refractivity contribution in [2.24, 2.45) is 0 Å². The van der Waals surface area contributed by atoms with E-state index in [2.05, 4.69) is 10.3 Å². The highest BCUT2D eigenvalue weighted by Gasteiger charge is 2.25. The lowest BCUT2D eigenvalue weighted by Crippen LogP contribution is -2.52. The van der Waals surface area contributed by atoms with Crippen LogP contribution < -0.4 is 5.32 Å². The van der Waals surface area contributed by atoms with E-state index in [9.17, 15) is 4.79 Å². The third-order valence-electron chi connectivity index (χ3n) is 3.76. The van der Waals surface area contributed by atoms with Gasteiger partial charge in [0.25, 0.3) is 5.89 Å². The van der Waals surface area contributed by atoms with E-state index in [4.69, 9.17) is 8.83 Å². The van der Waals surface area contributed by atoms with Gasteiger partial charge in [-0.05, 0) is 26.0 Å². The molecule has 3 rings (SSSR count). The Kier molecular flexibility index (Phi) is 3.79. The summed E-state index contributed by atoms with van der Waals surface area (Å²) in [5.41, 5.74) is 0.678. The Balaban J connectivity index is 1.74. The van der Waals surface area contributed by atoms with Crippen molar-refractivity contribution in [3.05, 3.63) is 29.9 Å². The molecular weight excluding hydrogens is 270 g/mol. The quantitative estimate of drug-likeness (QED) is 0.929. The number of aromatic nitrogens is 1. The molecule has 0 aliphatic carbocycles. The molecule has 0 saturated carbocycles. The van der Waals surface area contributed by atoms with Crippen LogP contribution >= 0.6 is 0 Å². The average Bonchev–Trinajstić information content (AvgIpc) is 3.10. The van der Waals surface area contributed by atoms with E-state index in [1.54, 1.807) is 18.4 Å². The zero-order valence-corrected chi connectivity index (χ0v) is 12.3. The summed E-state index contributed by atoms with van der Waals surface area (Å²) in [6.45, 7) is 6.28. The molecule has 1 saturated heterocycles. The zero-order valence-electron chi connectivity index (χ0n) is 12.3. The molecule has 2 aromatic rings. The summed E-state index contributed by atoms with van der Waals surface area (Å²) in [4.78, 5) is 18.7. The largest absolute Gasteiger partial charge is 0.459 e. The first-order valence-electron chi connectivity index (χ1n) is 7.15. The van der Waals surface area contributed by atoms with Crippen LogP contribution in [-0.2, 0) is 11.2 Å². The van der Waals surface area contributed by atoms with Crippen LogP contribution in [0, 0.1) is 6.92 Å². The number of rotatable bonds is 3. The third kappa shape index (κ3) is 2.85. The van der Waals surface area contributed by atoms with Gasteiger partial charge in [0.15, 0.2) is 5.76 Å². The Hall–Kier alpha value is -2.08. The Labute approximate surface area is 123 Å². The summed E-state index contributed by atoms with van der Waals surface area (Å²) in [6.07, 6.45) is 1.84. The maximum absolute atomic E-state index is 12.4. The van der Waals surface area contributed by atoms with Gasteiger partial charge in [-0.15, -0.1) is 0 Å². The van der Waals surface area contributed by atoms with E-state index < -0.39 is 0 Å². The molecule has 1 aliphatic heterocycles. The molecule has 6 heteroatoms. The van der Waals surface area contributed by atoms with Crippen molar-refractivity contribution in [1.29, 1.82) is 0 Å². The van der Waals surface area contributed by atoms with Crippen molar-refractivity contribution in [2.75, 3.05) is 19.6 Å². The molecule has 112 valence electrons. The van der Waals surface area contributed by atoms with E-state index in [-0.39, 0.29) is 18.4 Å². The number of hydrogen-bond donors (Lipinski definition) is 1. The third-order valence-corrected chi connectivity index (χ3v) is 3.76. The molecule has 21 heavy (non-hydrogen) atoms. The minimum Gasteiger partial charge on any atom is -0.459 e. The first kappa shape index (κ1) is 13.9. The summed E-state index contributed by atoms with van der Waals surface area (Å²) in [5.74, 6) is 1.75. The second-order valence-corrected chi connectivity index (χ2v) is 5.32. The monoisotopic (exact) mass is 289 g/mol. The Morgan fingerprint density at radius 2 is 2.43 bits per heavy atom. The smallest absolute Gasteiger partial charge is 0.263 e. The number of nitrogens with one attached hydrogen (secondary N) is 1. The van der Waals surface area contributed by atoms with Crippen LogP contribution in [0.4, 0.5) is 0 Å². The molecule has 6 nitrogen and oxygen atoms in total. The highest BCUT2D eigenvalue weighted by molar-refractivity contribution is 5.79. The van der Waals surface area contributed by atoms with Crippen molar-refractivity contribution in [3.8, 4) is 11.7 Å². The van der Waals surface area contributed by atoms with Crippen LogP contribution in [-0.4, -0.2) is 41.5 Å². The lowest BCUT2D eigenvalue weighted by molar-refractivity contribution is -0.133. The van der Waals surface area contributed by atoms with Gasteiger partial charge < -0.3 is 19.1 Å². The first-order chi connectivity index (χ1) is 10.1. The second-order valence-electron chi connectivity index (χ2n) is 5.32. The molecule has 1 amide bonds. The normalized spacial score (nSPS) is 19.0. The molecule has 2 aromatic heterocycles. The molecule has 0 spiro atoms. The fraction of sp³-hybridized carbons (Fsp3) is 0.467. The van der Waals surface area contributed by atoms with Crippen LogP contribution in [0.2, 0.25) is 0 Å². The highest BCUT2D eigenvalue weighted by Crippen LogP contribution is 2.22. The van der Waals surface area contributed by atoms with Crippen LogP contribution in [0.15, 0.2) is 27.2 Å². The maximum atomic E-state index is 12.4. The fourth-order valence-corrected chi connectivity index (χ4v) is 2.55. The van der Waals surface area contributed by atoms with E-state index in [1.165, 1.54) is 0 Å². The SMILES string of the molecule is Cc1oc(-c2ccco2)nc1CC(=O)N1CCNC[C@H]1C. The van der Waals surface area contributed by atoms with Crippen LogP contribution in [0.25, 0.3) is 11.7 Å². The number of piperazine rings is 1. The maximum Gasteiger partial charge on any atom is 0.263 e. The van der Waals surface area contributed by atoms with E-state index in [0.29, 0.717) is 23.1 Å². The van der Waals surface area contributed by atoms with Crippen molar-refractivity contribution in [1.82, 2.24) is 15.2 Å². The number of nitrogens with zero attached hydrogens (tertiary/aromatic N) is 2. The summed E-state index contributed by atoms with van der Waals surface area (Å²) >= 11 is 0. The van der Waals surface area contributed by atoms with Crippen molar-refractivity contribution in [2.45, 2.75) is 26.3 Å². The van der Waals surface area contributed by atoms with Gasteiger partial charge in [-0.25, -0.2) is 4.98 Å². The number of oxazole rings is 1. The molecule has 1 N–H and O–H groups in total.